The number of rotatable bonds is 1. The summed E-state index contributed by atoms with van der Waals surface area (Å²) >= 11 is 0. The van der Waals surface area contributed by atoms with E-state index >= 15 is 0 Å². The molecule has 1 saturated heterocycles. The predicted octanol–water partition coefficient (Wildman–Crippen LogP) is -0.0510. The van der Waals surface area contributed by atoms with Crippen molar-refractivity contribution in [1.82, 2.24) is 9.99 Å². The van der Waals surface area contributed by atoms with E-state index in [1.165, 1.54) is 0 Å². The summed E-state index contributed by atoms with van der Waals surface area (Å²) in [6.45, 7) is 3.26. The second-order valence-corrected chi connectivity index (χ2v) is 3.51. The van der Waals surface area contributed by atoms with E-state index < -0.39 is 0 Å². The minimum absolute atomic E-state index is 0.628. The maximum absolute atomic E-state index is 8.95. The van der Waals surface area contributed by atoms with Crippen LogP contribution >= 0.6 is 0 Å². The number of pyridine rings is 1. The molecule has 1 fully saturated rings. The van der Waals surface area contributed by atoms with Crippen LogP contribution in [0.3, 0.4) is 0 Å². The standard InChI is InChI=1S/C10H13N5/c11-8-9-2-1-3-13-10(9)14-4-6-15(12)7-5-14/h1-3H,4-7,12H2. The lowest BCUT2D eigenvalue weighted by molar-refractivity contribution is 0.265. The molecule has 2 heterocycles. The van der Waals surface area contributed by atoms with E-state index in [0.29, 0.717) is 5.56 Å². The van der Waals surface area contributed by atoms with Crippen LogP contribution in [-0.4, -0.2) is 36.2 Å². The molecule has 0 aromatic carbocycles. The lowest BCUT2D eigenvalue weighted by atomic mass is 10.2. The first-order chi connectivity index (χ1) is 7.31. The van der Waals surface area contributed by atoms with Crippen LogP contribution in [0, 0.1) is 11.3 Å². The van der Waals surface area contributed by atoms with Crippen LogP contribution in [0.15, 0.2) is 18.3 Å². The van der Waals surface area contributed by atoms with Crippen LogP contribution in [0.25, 0.3) is 0 Å². The van der Waals surface area contributed by atoms with Gasteiger partial charge in [-0.1, -0.05) is 0 Å². The molecule has 2 rings (SSSR count). The molecule has 78 valence electrons. The molecule has 1 aromatic rings. The Morgan fingerprint density at radius 1 is 1.33 bits per heavy atom. The van der Waals surface area contributed by atoms with E-state index in [9.17, 15) is 0 Å². The Hall–Kier alpha value is -1.64. The van der Waals surface area contributed by atoms with Crippen molar-refractivity contribution in [3.05, 3.63) is 23.9 Å². The Bertz CT molecular complexity index is 376. The Balaban J connectivity index is 2.19. The molecule has 0 amide bonds. The van der Waals surface area contributed by atoms with Gasteiger partial charge in [0.05, 0.1) is 5.56 Å². The summed E-state index contributed by atoms with van der Waals surface area (Å²) in [5.74, 6) is 6.44. The summed E-state index contributed by atoms with van der Waals surface area (Å²) in [6.07, 6.45) is 1.71. The number of aromatic nitrogens is 1. The van der Waals surface area contributed by atoms with Crippen molar-refractivity contribution in [2.75, 3.05) is 31.1 Å². The predicted molar refractivity (Wildman–Crippen MR) is 56.9 cm³/mol. The molecular formula is C10H13N5. The minimum atomic E-state index is 0.628. The largest absolute Gasteiger partial charge is 0.353 e. The monoisotopic (exact) mass is 203 g/mol. The van der Waals surface area contributed by atoms with Gasteiger partial charge < -0.3 is 4.90 Å². The van der Waals surface area contributed by atoms with E-state index in [1.807, 2.05) is 0 Å². The van der Waals surface area contributed by atoms with E-state index in [-0.39, 0.29) is 0 Å². The fourth-order valence-corrected chi connectivity index (χ4v) is 1.67. The number of nitriles is 1. The Morgan fingerprint density at radius 2 is 2.07 bits per heavy atom. The third-order valence-electron chi connectivity index (χ3n) is 2.52. The van der Waals surface area contributed by atoms with Gasteiger partial charge in [0.2, 0.25) is 0 Å². The zero-order chi connectivity index (χ0) is 10.7. The van der Waals surface area contributed by atoms with Crippen LogP contribution in [0.1, 0.15) is 5.56 Å². The second-order valence-electron chi connectivity index (χ2n) is 3.51. The van der Waals surface area contributed by atoms with Crippen molar-refractivity contribution >= 4 is 5.82 Å². The van der Waals surface area contributed by atoms with Crippen molar-refractivity contribution in [2.45, 2.75) is 0 Å². The quantitative estimate of drug-likeness (QED) is 0.648. The van der Waals surface area contributed by atoms with E-state index in [1.54, 1.807) is 23.3 Å². The molecule has 15 heavy (non-hydrogen) atoms. The van der Waals surface area contributed by atoms with E-state index in [2.05, 4.69) is 16.0 Å². The summed E-state index contributed by atoms with van der Waals surface area (Å²) in [5.41, 5.74) is 0.628. The number of piperazine rings is 1. The van der Waals surface area contributed by atoms with E-state index in [0.717, 1.165) is 32.0 Å². The number of hydrogen-bond acceptors (Lipinski definition) is 5. The van der Waals surface area contributed by atoms with Gasteiger partial charge in [-0.2, -0.15) is 5.26 Å². The normalized spacial score (nSPS) is 17.5. The summed E-state index contributed by atoms with van der Waals surface area (Å²) < 4.78 is 0. The number of nitrogens with zero attached hydrogens (tertiary/aromatic N) is 4. The molecular weight excluding hydrogens is 190 g/mol. The molecule has 0 unspecified atom stereocenters. The van der Waals surface area contributed by atoms with Gasteiger partial charge in [-0.3, -0.25) is 5.84 Å². The molecule has 0 atom stereocenters. The number of hydrogen-bond donors (Lipinski definition) is 1. The summed E-state index contributed by atoms with van der Waals surface area (Å²) in [6, 6.07) is 5.72. The highest BCUT2D eigenvalue weighted by atomic mass is 15.4. The summed E-state index contributed by atoms with van der Waals surface area (Å²) in [4.78, 5) is 6.34. The van der Waals surface area contributed by atoms with Crippen molar-refractivity contribution in [2.24, 2.45) is 5.84 Å². The van der Waals surface area contributed by atoms with Gasteiger partial charge in [0.25, 0.3) is 0 Å². The van der Waals surface area contributed by atoms with Crippen LogP contribution in [-0.2, 0) is 0 Å². The summed E-state index contributed by atoms with van der Waals surface area (Å²) in [7, 11) is 0. The van der Waals surface area contributed by atoms with Crippen LogP contribution in [0.5, 0.6) is 0 Å². The molecule has 5 heteroatoms. The second kappa shape index (κ2) is 4.26. The number of nitrogens with two attached hydrogens (primary N) is 1. The van der Waals surface area contributed by atoms with Gasteiger partial charge in [-0.25, -0.2) is 9.99 Å². The SMILES string of the molecule is N#Cc1cccnc1N1CCN(N)CC1. The molecule has 1 aromatic heterocycles. The molecule has 1 aliphatic heterocycles. The third-order valence-corrected chi connectivity index (χ3v) is 2.52. The van der Waals surface area contributed by atoms with Gasteiger partial charge in [-0.05, 0) is 12.1 Å². The van der Waals surface area contributed by atoms with Crippen LogP contribution < -0.4 is 10.7 Å². The van der Waals surface area contributed by atoms with Gasteiger partial charge in [0.15, 0.2) is 0 Å². The maximum atomic E-state index is 8.95. The average Bonchev–Trinajstić information content (AvgIpc) is 2.30. The third kappa shape index (κ3) is 2.06. The molecule has 0 saturated carbocycles. The molecule has 0 bridgehead atoms. The fourth-order valence-electron chi connectivity index (χ4n) is 1.67. The first-order valence-corrected chi connectivity index (χ1v) is 4.91. The van der Waals surface area contributed by atoms with Crippen LogP contribution in [0.4, 0.5) is 5.82 Å². The van der Waals surface area contributed by atoms with Gasteiger partial charge >= 0.3 is 0 Å². The fraction of sp³-hybridized carbons (Fsp3) is 0.400. The number of hydrazine groups is 1. The highest BCUT2D eigenvalue weighted by Crippen LogP contribution is 2.16. The molecule has 0 spiro atoms. The number of anilines is 1. The average molecular weight is 203 g/mol. The van der Waals surface area contributed by atoms with Gasteiger partial charge in [0.1, 0.15) is 11.9 Å². The molecule has 0 radical (unpaired) electrons. The smallest absolute Gasteiger partial charge is 0.146 e. The van der Waals surface area contributed by atoms with Crippen molar-refractivity contribution in [3.8, 4) is 6.07 Å². The lowest BCUT2D eigenvalue weighted by Gasteiger charge is -2.33. The van der Waals surface area contributed by atoms with E-state index in [4.69, 9.17) is 11.1 Å². The van der Waals surface area contributed by atoms with Gasteiger partial charge in [-0.15, -0.1) is 0 Å². The lowest BCUT2D eigenvalue weighted by Crippen LogP contribution is -2.49. The molecule has 0 aliphatic carbocycles. The first-order valence-electron chi connectivity index (χ1n) is 4.91. The van der Waals surface area contributed by atoms with Gasteiger partial charge in [0, 0.05) is 32.4 Å². The summed E-state index contributed by atoms with van der Waals surface area (Å²) in [5, 5.41) is 10.7. The topological polar surface area (TPSA) is 69.2 Å². The molecule has 1 aliphatic rings. The maximum Gasteiger partial charge on any atom is 0.146 e. The zero-order valence-corrected chi connectivity index (χ0v) is 8.43. The minimum Gasteiger partial charge on any atom is -0.353 e. The van der Waals surface area contributed by atoms with Crippen LogP contribution in [0.2, 0.25) is 0 Å². The Morgan fingerprint density at radius 3 is 2.73 bits per heavy atom. The Kier molecular flexibility index (Phi) is 2.81. The highest BCUT2D eigenvalue weighted by Gasteiger charge is 2.17. The van der Waals surface area contributed by atoms with Crippen molar-refractivity contribution in [1.29, 1.82) is 5.26 Å². The first kappa shape index (κ1) is 9.90. The van der Waals surface area contributed by atoms with Crippen molar-refractivity contribution in [3.63, 3.8) is 0 Å². The van der Waals surface area contributed by atoms with Crippen molar-refractivity contribution < 1.29 is 0 Å². The Labute approximate surface area is 88.7 Å². The zero-order valence-electron chi connectivity index (χ0n) is 8.43. The molecule has 5 nitrogen and oxygen atoms in total. The molecule has 2 N–H and O–H groups in total. The highest BCUT2D eigenvalue weighted by molar-refractivity contribution is 5.53.